The number of halogens is 1. The molecule has 1 unspecified atom stereocenters. The number of carbonyl (C=O) groups excluding carboxylic acids is 1. The van der Waals surface area contributed by atoms with Crippen LogP contribution in [0.25, 0.3) is 0 Å². The Morgan fingerprint density at radius 2 is 1.79 bits per heavy atom. The first-order valence-corrected chi connectivity index (χ1v) is 6.12. The van der Waals surface area contributed by atoms with Crippen LogP contribution in [0.2, 0.25) is 5.02 Å². The lowest BCUT2D eigenvalue weighted by Gasteiger charge is -2.11. The smallest absolute Gasteiger partial charge is 0.197 e. The fraction of sp³-hybridized carbons (Fsp3) is 0.133. The van der Waals surface area contributed by atoms with Crippen molar-refractivity contribution < 1.29 is 14.6 Å². The van der Waals surface area contributed by atoms with E-state index in [-0.39, 0.29) is 0 Å². The summed E-state index contributed by atoms with van der Waals surface area (Å²) in [7, 11) is 1.56. The molecule has 0 saturated heterocycles. The topological polar surface area (TPSA) is 46.5 Å². The molecule has 0 amide bonds. The van der Waals surface area contributed by atoms with Crippen LogP contribution < -0.4 is 4.74 Å². The van der Waals surface area contributed by atoms with E-state index in [1.807, 2.05) is 0 Å². The van der Waals surface area contributed by atoms with E-state index >= 15 is 0 Å². The van der Waals surface area contributed by atoms with Crippen molar-refractivity contribution in [1.29, 1.82) is 0 Å². The van der Waals surface area contributed by atoms with Gasteiger partial charge >= 0.3 is 0 Å². The van der Waals surface area contributed by atoms with Crippen molar-refractivity contribution in [3.63, 3.8) is 0 Å². The van der Waals surface area contributed by atoms with Crippen LogP contribution in [0.3, 0.4) is 0 Å². The van der Waals surface area contributed by atoms with Crippen molar-refractivity contribution in [3.8, 4) is 5.75 Å². The van der Waals surface area contributed by atoms with E-state index in [2.05, 4.69) is 0 Å². The predicted octanol–water partition coefficient (Wildman–Crippen LogP) is 3.26. The third-order valence-electron chi connectivity index (χ3n) is 2.82. The highest BCUT2D eigenvalue weighted by Gasteiger charge is 2.21. The molecule has 1 N–H and O–H groups in total. The van der Waals surface area contributed by atoms with Crippen LogP contribution in [0.4, 0.5) is 0 Å². The van der Waals surface area contributed by atoms with Crippen molar-refractivity contribution in [2.45, 2.75) is 6.10 Å². The number of Topliss-reactive ketones (excluding diaryl/α,β-unsaturated/α-hetero) is 1. The van der Waals surface area contributed by atoms with E-state index in [0.29, 0.717) is 21.9 Å². The number of benzene rings is 2. The molecule has 0 aliphatic rings. The molecule has 0 saturated carbocycles. The van der Waals surface area contributed by atoms with E-state index in [0.717, 1.165) is 0 Å². The molecule has 4 heteroatoms. The number of aliphatic hydroxyl groups is 1. The number of hydrogen-bond acceptors (Lipinski definition) is 3. The van der Waals surface area contributed by atoms with Crippen molar-refractivity contribution in [2.75, 3.05) is 7.11 Å². The summed E-state index contributed by atoms with van der Waals surface area (Å²) in [6.07, 6.45) is -1.23. The quantitative estimate of drug-likeness (QED) is 0.872. The number of methoxy groups -OCH3 is 1. The summed E-state index contributed by atoms with van der Waals surface area (Å²) in [5.41, 5.74) is 0.818. The summed E-state index contributed by atoms with van der Waals surface area (Å²) in [4.78, 5) is 12.2. The first kappa shape index (κ1) is 13.6. The maximum Gasteiger partial charge on any atom is 0.197 e. The minimum Gasteiger partial charge on any atom is -0.497 e. The molecule has 19 heavy (non-hydrogen) atoms. The number of ketones is 1. The van der Waals surface area contributed by atoms with Crippen LogP contribution in [0.5, 0.6) is 5.75 Å². The van der Waals surface area contributed by atoms with Crippen molar-refractivity contribution in [1.82, 2.24) is 0 Å². The highest BCUT2D eigenvalue weighted by Crippen LogP contribution is 2.24. The Kier molecular flexibility index (Phi) is 4.20. The van der Waals surface area contributed by atoms with Gasteiger partial charge in [-0.05, 0) is 29.8 Å². The highest BCUT2D eigenvalue weighted by molar-refractivity contribution is 6.34. The van der Waals surface area contributed by atoms with Gasteiger partial charge in [0.1, 0.15) is 11.9 Å². The van der Waals surface area contributed by atoms with Gasteiger partial charge in [0.15, 0.2) is 5.78 Å². The largest absolute Gasteiger partial charge is 0.497 e. The van der Waals surface area contributed by atoms with E-state index in [9.17, 15) is 9.90 Å². The van der Waals surface area contributed by atoms with Crippen molar-refractivity contribution in [2.24, 2.45) is 0 Å². The molecule has 2 aromatic carbocycles. The van der Waals surface area contributed by atoms with E-state index < -0.39 is 11.9 Å². The molecule has 0 spiro atoms. The first-order chi connectivity index (χ1) is 9.13. The molecule has 0 aliphatic carbocycles. The maximum atomic E-state index is 12.2. The molecular weight excluding hydrogens is 264 g/mol. The number of rotatable bonds is 4. The number of aliphatic hydroxyl groups excluding tert-OH is 1. The Bertz CT molecular complexity index is 578. The summed E-state index contributed by atoms with van der Waals surface area (Å²) in [5.74, 6) is 0.247. The SMILES string of the molecule is COc1ccc(C(O)C(=O)c2ccccc2Cl)cc1. The zero-order valence-corrected chi connectivity index (χ0v) is 11.1. The summed E-state index contributed by atoms with van der Waals surface area (Å²) in [6.45, 7) is 0. The van der Waals surface area contributed by atoms with Crippen LogP contribution in [-0.2, 0) is 0 Å². The van der Waals surface area contributed by atoms with Gasteiger partial charge in [0.2, 0.25) is 0 Å². The lowest BCUT2D eigenvalue weighted by molar-refractivity contribution is 0.0747. The Balaban J connectivity index is 2.26. The molecule has 3 nitrogen and oxygen atoms in total. The Morgan fingerprint density at radius 1 is 1.16 bits per heavy atom. The van der Waals surface area contributed by atoms with Crippen LogP contribution in [0.15, 0.2) is 48.5 Å². The fourth-order valence-electron chi connectivity index (χ4n) is 1.75. The fourth-order valence-corrected chi connectivity index (χ4v) is 1.97. The Hall–Kier alpha value is -1.84. The van der Waals surface area contributed by atoms with Crippen molar-refractivity contribution >= 4 is 17.4 Å². The van der Waals surface area contributed by atoms with Gasteiger partial charge in [-0.3, -0.25) is 4.79 Å². The molecule has 1 atom stereocenters. The lowest BCUT2D eigenvalue weighted by Crippen LogP contribution is -2.12. The van der Waals surface area contributed by atoms with Gasteiger partial charge in [0.05, 0.1) is 12.1 Å². The zero-order valence-electron chi connectivity index (χ0n) is 10.3. The van der Waals surface area contributed by atoms with Gasteiger partial charge in [-0.25, -0.2) is 0 Å². The average molecular weight is 277 g/mol. The van der Waals surface area contributed by atoms with Crippen LogP contribution in [-0.4, -0.2) is 18.0 Å². The highest BCUT2D eigenvalue weighted by atomic mass is 35.5. The average Bonchev–Trinajstić information content (AvgIpc) is 2.46. The molecule has 0 radical (unpaired) electrons. The molecule has 0 aliphatic heterocycles. The zero-order chi connectivity index (χ0) is 13.8. The predicted molar refractivity (Wildman–Crippen MR) is 73.7 cm³/mol. The van der Waals surface area contributed by atoms with Gasteiger partial charge in [0, 0.05) is 5.56 Å². The molecule has 0 heterocycles. The Labute approximate surface area is 116 Å². The molecule has 2 rings (SSSR count). The molecule has 98 valence electrons. The van der Waals surface area contributed by atoms with Crippen LogP contribution in [0.1, 0.15) is 22.0 Å². The minimum absolute atomic E-state index is 0.312. The summed E-state index contributed by atoms with van der Waals surface area (Å²) in [5, 5.41) is 10.4. The second-order valence-electron chi connectivity index (χ2n) is 4.02. The van der Waals surface area contributed by atoms with E-state index in [4.69, 9.17) is 16.3 Å². The third-order valence-corrected chi connectivity index (χ3v) is 3.15. The second kappa shape index (κ2) is 5.87. The second-order valence-corrected chi connectivity index (χ2v) is 4.43. The maximum absolute atomic E-state index is 12.2. The third kappa shape index (κ3) is 2.95. The number of carbonyl (C=O) groups is 1. The van der Waals surface area contributed by atoms with Crippen molar-refractivity contribution in [3.05, 3.63) is 64.7 Å². The van der Waals surface area contributed by atoms with Crippen LogP contribution >= 0.6 is 11.6 Å². The molecule has 0 aromatic heterocycles. The van der Waals surface area contributed by atoms with Gasteiger partial charge in [-0.15, -0.1) is 0 Å². The standard InChI is InChI=1S/C15H13ClO3/c1-19-11-8-6-10(7-9-11)14(17)15(18)12-4-2-3-5-13(12)16/h2-9,14,17H,1H3. The van der Waals surface area contributed by atoms with Gasteiger partial charge in [-0.2, -0.15) is 0 Å². The molecule has 2 aromatic rings. The number of hydrogen-bond donors (Lipinski definition) is 1. The molecular formula is C15H13ClO3. The van der Waals surface area contributed by atoms with Gasteiger partial charge in [0.25, 0.3) is 0 Å². The molecule has 0 bridgehead atoms. The van der Waals surface area contributed by atoms with E-state index in [1.165, 1.54) is 0 Å². The monoisotopic (exact) mass is 276 g/mol. The summed E-state index contributed by atoms with van der Waals surface area (Å²) < 4.78 is 5.03. The minimum atomic E-state index is -1.23. The van der Waals surface area contributed by atoms with Gasteiger partial charge < -0.3 is 9.84 Å². The normalized spacial score (nSPS) is 11.9. The lowest BCUT2D eigenvalue weighted by atomic mass is 10.00. The van der Waals surface area contributed by atoms with Crippen LogP contribution in [0, 0.1) is 0 Å². The Morgan fingerprint density at radius 3 is 2.37 bits per heavy atom. The first-order valence-electron chi connectivity index (χ1n) is 5.74. The van der Waals surface area contributed by atoms with E-state index in [1.54, 1.807) is 55.6 Å². The summed E-state index contributed by atoms with van der Waals surface area (Å²) >= 11 is 5.95. The molecule has 0 fully saturated rings. The number of ether oxygens (including phenoxy) is 1. The summed E-state index contributed by atoms with van der Waals surface area (Å²) in [6, 6.07) is 13.3. The van der Waals surface area contributed by atoms with Gasteiger partial charge in [-0.1, -0.05) is 35.9 Å².